The van der Waals surface area contributed by atoms with E-state index < -0.39 is 12.0 Å². The first-order valence-electron chi connectivity index (χ1n) is 4.44. The van der Waals surface area contributed by atoms with E-state index in [0.29, 0.717) is 11.1 Å². The summed E-state index contributed by atoms with van der Waals surface area (Å²) < 4.78 is 5.18. The van der Waals surface area contributed by atoms with Crippen LogP contribution in [0.2, 0.25) is 0 Å². The van der Waals surface area contributed by atoms with Gasteiger partial charge in [-0.25, -0.2) is 0 Å². The van der Waals surface area contributed by atoms with E-state index in [9.17, 15) is 9.90 Å². The van der Waals surface area contributed by atoms with Crippen LogP contribution >= 0.6 is 15.9 Å². The van der Waals surface area contributed by atoms with Crippen LogP contribution in [0.3, 0.4) is 0 Å². The summed E-state index contributed by atoms with van der Waals surface area (Å²) in [6.45, 7) is 1.70. The van der Waals surface area contributed by atoms with E-state index in [1.54, 1.807) is 6.92 Å². The molecule has 1 aromatic rings. The fourth-order valence-corrected chi connectivity index (χ4v) is 2.17. The summed E-state index contributed by atoms with van der Waals surface area (Å²) in [4.78, 5) is 10.8. The molecular weight excluding hydrogens is 278 g/mol. The number of ether oxygens (including phenoxy) is 1. The maximum absolute atomic E-state index is 10.8. The average molecular weight is 290 g/mol. The highest BCUT2D eigenvalue weighted by molar-refractivity contribution is 9.10. The average Bonchev–Trinajstić information content (AvgIpc) is 2.23. The minimum atomic E-state index is -1.19. The van der Waals surface area contributed by atoms with E-state index in [0.717, 1.165) is 0 Å². The summed E-state index contributed by atoms with van der Waals surface area (Å²) in [5.74, 6) is -1.04. The molecule has 0 saturated heterocycles. The molecule has 1 rings (SSSR count). The van der Waals surface area contributed by atoms with E-state index in [1.165, 1.54) is 13.2 Å². The van der Waals surface area contributed by atoms with Crippen molar-refractivity contribution >= 4 is 21.9 Å². The smallest absolute Gasteiger partial charge is 0.325 e. The van der Waals surface area contributed by atoms with Crippen molar-refractivity contribution in [2.75, 3.05) is 7.11 Å². The fourth-order valence-electron chi connectivity index (χ4n) is 1.41. The minimum absolute atomic E-state index is 0.153. The Balaban J connectivity index is 3.41. The van der Waals surface area contributed by atoms with Crippen molar-refractivity contribution in [2.24, 2.45) is 5.73 Å². The highest BCUT2D eigenvalue weighted by Gasteiger charge is 2.23. The molecule has 0 spiro atoms. The van der Waals surface area contributed by atoms with Crippen LogP contribution in [0.1, 0.15) is 17.2 Å². The van der Waals surface area contributed by atoms with E-state index in [-0.39, 0.29) is 16.0 Å². The Kier molecular flexibility index (Phi) is 3.77. The number of aromatic hydroxyl groups is 1. The Morgan fingerprint density at radius 1 is 1.62 bits per heavy atom. The number of aliphatic carboxylic acids is 1. The number of nitrogens with two attached hydrogens (primary N) is 1. The number of rotatable bonds is 3. The van der Waals surface area contributed by atoms with Gasteiger partial charge in [-0.2, -0.15) is 0 Å². The van der Waals surface area contributed by atoms with Gasteiger partial charge in [0.25, 0.3) is 0 Å². The lowest BCUT2D eigenvalue weighted by molar-refractivity contribution is -0.138. The van der Waals surface area contributed by atoms with Crippen molar-refractivity contribution in [2.45, 2.75) is 13.0 Å². The molecule has 0 heterocycles. The van der Waals surface area contributed by atoms with Crippen LogP contribution in [0.4, 0.5) is 0 Å². The minimum Gasteiger partial charge on any atom is -0.503 e. The van der Waals surface area contributed by atoms with Crippen LogP contribution in [0.5, 0.6) is 11.5 Å². The number of benzene rings is 1. The molecule has 0 radical (unpaired) electrons. The number of phenols is 1. The number of aryl methyl sites for hydroxylation is 1. The molecule has 0 saturated carbocycles. The highest BCUT2D eigenvalue weighted by Crippen LogP contribution is 2.40. The van der Waals surface area contributed by atoms with E-state index in [2.05, 4.69) is 15.9 Å². The summed E-state index contributed by atoms with van der Waals surface area (Å²) in [5.41, 5.74) is 6.49. The third-order valence-electron chi connectivity index (χ3n) is 2.25. The van der Waals surface area contributed by atoms with Gasteiger partial charge in [0.05, 0.1) is 11.6 Å². The van der Waals surface area contributed by atoms with Gasteiger partial charge in [0, 0.05) is 5.56 Å². The summed E-state index contributed by atoms with van der Waals surface area (Å²) in [7, 11) is 1.41. The van der Waals surface area contributed by atoms with Gasteiger partial charge < -0.3 is 20.7 Å². The van der Waals surface area contributed by atoms with Crippen molar-refractivity contribution in [1.29, 1.82) is 0 Å². The topological polar surface area (TPSA) is 92.8 Å². The van der Waals surface area contributed by atoms with Crippen LogP contribution in [0, 0.1) is 6.92 Å². The second kappa shape index (κ2) is 4.71. The molecule has 1 aromatic carbocycles. The first-order valence-corrected chi connectivity index (χ1v) is 5.23. The van der Waals surface area contributed by atoms with Gasteiger partial charge in [-0.3, -0.25) is 4.79 Å². The predicted molar refractivity (Wildman–Crippen MR) is 61.7 cm³/mol. The number of hydrogen-bond donors (Lipinski definition) is 3. The monoisotopic (exact) mass is 289 g/mol. The van der Waals surface area contributed by atoms with Crippen molar-refractivity contribution < 1.29 is 19.7 Å². The van der Waals surface area contributed by atoms with Gasteiger partial charge in [0.2, 0.25) is 0 Å². The van der Waals surface area contributed by atoms with Crippen LogP contribution < -0.4 is 10.5 Å². The third-order valence-corrected chi connectivity index (χ3v) is 3.05. The summed E-state index contributed by atoms with van der Waals surface area (Å²) in [6, 6.07) is 0.351. The molecule has 1 atom stereocenters. The maximum atomic E-state index is 10.8. The second-order valence-electron chi connectivity index (χ2n) is 3.29. The van der Waals surface area contributed by atoms with Gasteiger partial charge in [-0.15, -0.1) is 0 Å². The van der Waals surface area contributed by atoms with Crippen LogP contribution in [-0.2, 0) is 4.79 Å². The zero-order valence-electron chi connectivity index (χ0n) is 8.82. The molecular formula is C10H12BrNO4. The van der Waals surface area contributed by atoms with E-state index in [4.69, 9.17) is 15.6 Å². The van der Waals surface area contributed by atoms with Crippen molar-refractivity contribution in [3.8, 4) is 11.5 Å². The molecule has 0 aliphatic heterocycles. The summed E-state index contributed by atoms with van der Waals surface area (Å²) in [6.07, 6.45) is 0. The standard InChI is InChI=1S/C10H12BrNO4/c1-4-3-5(16-2)9(13)7(11)6(4)8(12)10(14)15/h3,8,13H,12H2,1-2H3,(H,14,15). The highest BCUT2D eigenvalue weighted by atomic mass is 79.9. The first-order chi connectivity index (χ1) is 7.40. The van der Waals surface area contributed by atoms with Crippen LogP contribution in [0.25, 0.3) is 0 Å². The number of carboxylic acids is 1. The number of carboxylic acid groups (broad SMARTS) is 1. The van der Waals surface area contributed by atoms with Gasteiger partial charge in [-0.1, -0.05) is 0 Å². The fraction of sp³-hybridized carbons (Fsp3) is 0.300. The quantitative estimate of drug-likeness (QED) is 0.785. The zero-order chi connectivity index (χ0) is 12.5. The van der Waals surface area contributed by atoms with Gasteiger partial charge >= 0.3 is 5.97 Å². The Labute approximate surface area is 101 Å². The molecule has 4 N–H and O–H groups in total. The Hall–Kier alpha value is -1.27. The third kappa shape index (κ3) is 2.12. The van der Waals surface area contributed by atoms with Gasteiger partial charge in [-0.05, 0) is 34.5 Å². The molecule has 5 nitrogen and oxygen atoms in total. The number of hydrogen-bond acceptors (Lipinski definition) is 4. The maximum Gasteiger partial charge on any atom is 0.325 e. The van der Waals surface area contributed by atoms with Crippen molar-refractivity contribution in [1.82, 2.24) is 0 Å². The Morgan fingerprint density at radius 3 is 2.62 bits per heavy atom. The van der Waals surface area contributed by atoms with E-state index >= 15 is 0 Å². The molecule has 1 unspecified atom stereocenters. The number of halogens is 1. The van der Waals surface area contributed by atoms with Crippen molar-refractivity contribution in [3.63, 3.8) is 0 Å². The van der Waals surface area contributed by atoms with E-state index in [1.807, 2.05) is 0 Å². The predicted octanol–water partition coefficient (Wildman–Crippen LogP) is 1.56. The molecule has 88 valence electrons. The normalized spacial score (nSPS) is 12.2. The lowest BCUT2D eigenvalue weighted by Crippen LogP contribution is -2.22. The summed E-state index contributed by atoms with van der Waals surface area (Å²) in [5, 5.41) is 18.6. The van der Waals surface area contributed by atoms with Gasteiger partial charge in [0.15, 0.2) is 11.5 Å². The zero-order valence-corrected chi connectivity index (χ0v) is 10.4. The summed E-state index contributed by atoms with van der Waals surface area (Å²) >= 11 is 3.12. The Bertz CT molecular complexity index is 433. The van der Waals surface area contributed by atoms with Crippen molar-refractivity contribution in [3.05, 3.63) is 21.7 Å². The number of methoxy groups -OCH3 is 1. The molecule has 0 fully saturated rings. The second-order valence-corrected chi connectivity index (χ2v) is 4.08. The van der Waals surface area contributed by atoms with Gasteiger partial charge in [0.1, 0.15) is 6.04 Å². The molecule has 0 aromatic heterocycles. The van der Waals surface area contributed by atoms with Crippen LogP contribution in [-0.4, -0.2) is 23.3 Å². The molecule has 0 aliphatic rings. The largest absolute Gasteiger partial charge is 0.503 e. The molecule has 0 bridgehead atoms. The molecule has 0 aliphatic carbocycles. The SMILES string of the molecule is COc1cc(C)c(C(N)C(=O)O)c(Br)c1O. The lowest BCUT2D eigenvalue weighted by Gasteiger charge is -2.16. The lowest BCUT2D eigenvalue weighted by atomic mass is 10.0. The van der Waals surface area contributed by atoms with Crippen LogP contribution in [0.15, 0.2) is 10.5 Å². The Morgan fingerprint density at radius 2 is 2.19 bits per heavy atom. The molecule has 16 heavy (non-hydrogen) atoms. The number of phenolic OH excluding ortho intramolecular Hbond substituents is 1. The molecule has 0 amide bonds. The first kappa shape index (κ1) is 12.8. The number of carbonyl (C=O) groups is 1. The molecule has 6 heteroatoms.